The third kappa shape index (κ3) is 9.05. The number of rotatable bonds is 6. The number of ether oxygens (including phenoxy) is 2. The minimum absolute atomic E-state index is 0.0525. The van der Waals surface area contributed by atoms with Crippen molar-refractivity contribution in [2.45, 2.75) is 72.6 Å². The zero-order chi connectivity index (χ0) is 16.8. The average molecular weight is 301 g/mol. The van der Waals surface area contributed by atoms with Crippen LogP contribution in [0.1, 0.15) is 54.9 Å². The van der Waals surface area contributed by atoms with Crippen LogP contribution in [0.3, 0.4) is 0 Å². The van der Waals surface area contributed by atoms with Crippen molar-refractivity contribution in [3.63, 3.8) is 0 Å². The lowest BCUT2D eigenvalue weighted by Crippen LogP contribution is -2.46. The first-order chi connectivity index (χ1) is 9.42. The van der Waals surface area contributed by atoms with E-state index in [-0.39, 0.29) is 24.2 Å². The molecule has 0 aliphatic rings. The summed E-state index contributed by atoms with van der Waals surface area (Å²) in [5.74, 6) is -0.975. The van der Waals surface area contributed by atoms with Gasteiger partial charge in [-0.25, -0.2) is 9.59 Å². The maximum Gasteiger partial charge on any atom is 0.408 e. The molecule has 21 heavy (non-hydrogen) atoms. The van der Waals surface area contributed by atoms with Gasteiger partial charge in [0.1, 0.15) is 17.4 Å². The van der Waals surface area contributed by atoms with E-state index in [1.807, 2.05) is 0 Å². The van der Waals surface area contributed by atoms with Gasteiger partial charge in [-0.05, 0) is 48.0 Å². The van der Waals surface area contributed by atoms with Crippen LogP contribution in [0.4, 0.5) is 4.79 Å². The predicted octanol–water partition coefficient (Wildman–Crippen LogP) is 2.45. The number of carbonyl (C=O) groups excluding carboxylic acids is 3. The lowest BCUT2D eigenvalue weighted by Gasteiger charge is -2.24. The highest BCUT2D eigenvalue weighted by molar-refractivity contribution is 5.83. The maximum absolute atomic E-state index is 12.0. The summed E-state index contributed by atoms with van der Waals surface area (Å²) in [4.78, 5) is 35.1. The molecule has 2 atom stereocenters. The van der Waals surface area contributed by atoms with Gasteiger partial charge >= 0.3 is 12.1 Å². The molecule has 0 aliphatic heterocycles. The molecule has 0 saturated heterocycles. The topological polar surface area (TPSA) is 81.7 Å². The number of Topliss-reactive ketones (excluding diaryl/α,β-unsaturated/α-hetero) is 1. The van der Waals surface area contributed by atoms with E-state index >= 15 is 0 Å². The lowest BCUT2D eigenvalue weighted by atomic mass is 9.98. The molecule has 0 unspecified atom stereocenters. The normalized spacial score (nSPS) is 14.3. The Morgan fingerprint density at radius 1 is 1.10 bits per heavy atom. The highest BCUT2D eigenvalue weighted by atomic mass is 16.6. The van der Waals surface area contributed by atoms with Crippen LogP contribution in [-0.4, -0.2) is 35.6 Å². The fourth-order valence-electron chi connectivity index (χ4n) is 1.50. The van der Waals surface area contributed by atoms with Crippen molar-refractivity contribution in [1.82, 2.24) is 5.32 Å². The molecule has 0 aliphatic carbocycles. The van der Waals surface area contributed by atoms with Crippen molar-refractivity contribution < 1.29 is 23.9 Å². The van der Waals surface area contributed by atoms with Gasteiger partial charge in [-0.2, -0.15) is 0 Å². The van der Waals surface area contributed by atoms with Crippen LogP contribution in [0.5, 0.6) is 0 Å². The molecule has 0 aromatic carbocycles. The van der Waals surface area contributed by atoms with E-state index in [0.29, 0.717) is 0 Å². The highest BCUT2D eigenvalue weighted by Gasteiger charge is 2.28. The van der Waals surface area contributed by atoms with E-state index in [2.05, 4.69) is 5.32 Å². The molecule has 0 saturated carbocycles. The highest BCUT2D eigenvalue weighted by Crippen LogP contribution is 2.12. The van der Waals surface area contributed by atoms with Crippen molar-refractivity contribution >= 4 is 17.8 Å². The molecule has 6 nitrogen and oxygen atoms in total. The van der Waals surface area contributed by atoms with Crippen LogP contribution in [0.2, 0.25) is 0 Å². The molecule has 0 spiro atoms. The zero-order valence-corrected chi connectivity index (χ0v) is 14.0. The van der Waals surface area contributed by atoms with Crippen molar-refractivity contribution in [3.05, 3.63) is 0 Å². The van der Waals surface area contributed by atoms with Crippen LogP contribution in [-0.2, 0) is 19.1 Å². The molecule has 1 amide bonds. The summed E-state index contributed by atoms with van der Waals surface area (Å²) in [5, 5.41) is 2.48. The summed E-state index contributed by atoms with van der Waals surface area (Å²) in [6.45, 7) is 11.8. The average Bonchev–Trinajstić information content (AvgIpc) is 2.23. The number of hydrogen-bond donors (Lipinski definition) is 1. The van der Waals surface area contributed by atoms with Gasteiger partial charge in [-0.1, -0.05) is 6.92 Å². The number of alkyl carbamates (subject to hydrolysis) is 1. The Balaban J connectivity index is 4.83. The Hall–Kier alpha value is -1.59. The molecular weight excluding hydrogens is 274 g/mol. The van der Waals surface area contributed by atoms with Gasteiger partial charge in [0, 0.05) is 5.92 Å². The number of amides is 1. The molecular formula is C15H27NO5. The Labute approximate surface area is 126 Å². The molecule has 0 radical (unpaired) electrons. The molecule has 1 N–H and O–H groups in total. The molecule has 0 rings (SSSR count). The quantitative estimate of drug-likeness (QED) is 0.762. The van der Waals surface area contributed by atoms with E-state index in [1.54, 1.807) is 41.5 Å². The molecule has 6 heteroatoms. The number of carbonyl (C=O) groups is 3. The Bertz CT molecular complexity index is 384. The first-order valence-electron chi connectivity index (χ1n) is 7.13. The molecule has 0 aromatic heterocycles. The summed E-state index contributed by atoms with van der Waals surface area (Å²) in [6.07, 6.45) is -0.822. The van der Waals surface area contributed by atoms with Crippen LogP contribution < -0.4 is 5.32 Å². The first-order valence-corrected chi connectivity index (χ1v) is 7.13. The van der Waals surface area contributed by atoms with Gasteiger partial charge < -0.3 is 14.8 Å². The fraction of sp³-hybridized carbons (Fsp3) is 0.800. The van der Waals surface area contributed by atoms with Crippen LogP contribution in [0, 0.1) is 5.92 Å². The number of hydrogen-bond acceptors (Lipinski definition) is 5. The van der Waals surface area contributed by atoms with Crippen LogP contribution >= 0.6 is 0 Å². The Morgan fingerprint density at radius 2 is 1.62 bits per heavy atom. The summed E-state index contributed by atoms with van der Waals surface area (Å²) in [5.41, 5.74) is -0.664. The van der Waals surface area contributed by atoms with Crippen molar-refractivity contribution in [2.75, 3.05) is 0 Å². The first kappa shape index (κ1) is 19.4. The number of nitrogens with one attached hydrogen (secondary N) is 1. The minimum Gasteiger partial charge on any atom is -0.461 e. The van der Waals surface area contributed by atoms with Crippen LogP contribution in [0.25, 0.3) is 0 Å². The molecule has 0 bridgehead atoms. The zero-order valence-electron chi connectivity index (χ0n) is 14.0. The van der Waals surface area contributed by atoms with E-state index in [9.17, 15) is 14.4 Å². The SMILES string of the molecule is CC(=O)[C@H](C)C[C@H](NC(=O)OC(C)(C)C)C(=O)OC(C)C. The van der Waals surface area contributed by atoms with Gasteiger partial charge in [0.2, 0.25) is 0 Å². The maximum atomic E-state index is 12.0. The predicted molar refractivity (Wildman–Crippen MR) is 78.8 cm³/mol. The summed E-state index contributed by atoms with van der Waals surface area (Å²) in [7, 11) is 0. The number of ketones is 1. The molecule has 0 aromatic rings. The van der Waals surface area contributed by atoms with Crippen molar-refractivity contribution in [2.24, 2.45) is 5.92 Å². The van der Waals surface area contributed by atoms with Gasteiger partial charge in [-0.15, -0.1) is 0 Å². The van der Waals surface area contributed by atoms with Crippen molar-refractivity contribution in [1.29, 1.82) is 0 Å². The van der Waals surface area contributed by atoms with E-state index in [1.165, 1.54) is 6.92 Å². The van der Waals surface area contributed by atoms with Gasteiger partial charge in [-0.3, -0.25) is 4.79 Å². The van der Waals surface area contributed by atoms with Gasteiger partial charge in [0.05, 0.1) is 6.10 Å². The van der Waals surface area contributed by atoms with E-state index in [4.69, 9.17) is 9.47 Å². The van der Waals surface area contributed by atoms with E-state index in [0.717, 1.165) is 0 Å². The summed E-state index contributed by atoms with van der Waals surface area (Å²) < 4.78 is 10.2. The molecule has 122 valence electrons. The third-order valence-electron chi connectivity index (χ3n) is 2.61. The van der Waals surface area contributed by atoms with E-state index < -0.39 is 23.7 Å². The second kappa shape index (κ2) is 8.00. The summed E-state index contributed by atoms with van der Waals surface area (Å²) >= 11 is 0. The van der Waals surface area contributed by atoms with Gasteiger partial charge in [0.15, 0.2) is 0 Å². The second-order valence-corrected chi connectivity index (χ2v) is 6.43. The third-order valence-corrected chi connectivity index (χ3v) is 2.61. The number of esters is 1. The Morgan fingerprint density at radius 3 is 2.00 bits per heavy atom. The standard InChI is InChI=1S/C15H27NO5/c1-9(2)20-13(18)12(8-10(3)11(4)17)16-14(19)21-15(5,6)7/h9-10,12H,8H2,1-7H3,(H,16,19)/t10-,12+/m1/s1. The largest absolute Gasteiger partial charge is 0.461 e. The summed E-state index contributed by atoms with van der Waals surface area (Å²) in [6, 6.07) is -0.902. The smallest absolute Gasteiger partial charge is 0.408 e. The minimum atomic E-state index is -0.902. The fourth-order valence-corrected chi connectivity index (χ4v) is 1.50. The van der Waals surface area contributed by atoms with Crippen molar-refractivity contribution in [3.8, 4) is 0 Å². The monoisotopic (exact) mass is 301 g/mol. The molecule has 0 fully saturated rings. The molecule has 0 heterocycles. The Kier molecular flexibility index (Phi) is 7.39. The van der Waals surface area contributed by atoms with Gasteiger partial charge in [0.25, 0.3) is 0 Å². The lowest BCUT2D eigenvalue weighted by molar-refractivity contribution is -0.150. The second-order valence-electron chi connectivity index (χ2n) is 6.43. The van der Waals surface area contributed by atoms with Crippen LogP contribution in [0.15, 0.2) is 0 Å².